The second kappa shape index (κ2) is 6.72. The van der Waals surface area contributed by atoms with Crippen LogP contribution in [-0.4, -0.2) is 6.61 Å². The number of hydrogen-bond donors (Lipinski definition) is 0. The smallest absolute Gasteiger partial charge is 0.127 e. The molecule has 4 heteroatoms. The quantitative estimate of drug-likeness (QED) is 0.590. The molecule has 1 atom stereocenters. The normalized spacial score (nSPS) is 12.2. The first-order valence-corrected chi connectivity index (χ1v) is 8.06. The van der Waals surface area contributed by atoms with Gasteiger partial charge in [-0.25, -0.2) is 4.39 Å². The van der Waals surface area contributed by atoms with Crippen molar-refractivity contribution in [2.45, 2.75) is 18.7 Å². The van der Waals surface area contributed by atoms with Crippen molar-refractivity contribution in [1.29, 1.82) is 0 Å². The summed E-state index contributed by atoms with van der Waals surface area (Å²) in [6, 6.07) is 10.9. The summed E-state index contributed by atoms with van der Waals surface area (Å²) in [5.74, 6) is 0.540. The number of ether oxygens (including phenoxy) is 1. The molecule has 1 nitrogen and oxygen atoms in total. The van der Waals surface area contributed by atoms with E-state index in [1.54, 1.807) is 12.1 Å². The lowest BCUT2D eigenvalue weighted by Crippen LogP contribution is -2.02. The molecular formula is C16H15Br2FO. The molecule has 0 bridgehead atoms. The van der Waals surface area contributed by atoms with E-state index in [4.69, 9.17) is 4.74 Å². The molecular weight excluding hydrogens is 387 g/mol. The average molecular weight is 402 g/mol. The third-order valence-corrected chi connectivity index (χ3v) is 4.45. The molecule has 0 aliphatic rings. The summed E-state index contributed by atoms with van der Waals surface area (Å²) in [5.41, 5.74) is 2.64. The van der Waals surface area contributed by atoms with E-state index in [0.717, 1.165) is 21.3 Å². The van der Waals surface area contributed by atoms with Crippen LogP contribution in [0.15, 0.2) is 40.9 Å². The third kappa shape index (κ3) is 3.41. The topological polar surface area (TPSA) is 9.23 Å². The van der Waals surface area contributed by atoms with E-state index in [1.807, 2.05) is 32.0 Å². The molecule has 0 saturated heterocycles. The largest absolute Gasteiger partial charge is 0.494 e. The molecule has 0 radical (unpaired) electrons. The predicted molar refractivity (Wildman–Crippen MR) is 87.2 cm³/mol. The molecule has 0 fully saturated rings. The molecule has 2 aromatic rings. The van der Waals surface area contributed by atoms with Gasteiger partial charge in [-0.15, -0.1) is 0 Å². The van der Waals surface area contributed by atoms with Crippen molar-refractivity contribution in [2.75, 3.05) is 6.61 Å². The Labute approximate surface area is 135 Å². The van der Waals surface area contributed by atoms with E-state index < -0.39 is 0 Å². The van der Waals surface area contributed by atoms with Crippen LogP contribution in [0, 0.1) is 12.7 Å². The van der Waals surface area contributed by atoms with Gasteiger partial charge >= 0.3 is 0 Å². The standard InChI is InChI=1S/C16H15Br2FO/c1-3-20-15-7-4-10(2)8-13(15)16(18)12-9-11(17)5-6-14(12)19/h4-9,16H,3H2,1-2H3. The summed E-state index contributed by atoms with van der Waals surface area (Å²) < 4.78 is 20.5. The fourth-order valence-electron chi connectivity index (χ4n) is 2.03. The molecule has 0 amide bonds. The van der Waals surface area contributed by atoms with Gasteiger partial charge in [-0.1, -0.05) is 49.6 Å². The van der Waals surface area contributed by atoms with Crippen LogP contribution in [0.5, 0.6) is 5.75 Å². The van der Waals surface area contributed by atoms with Gasteiger partial charge in [-0.2, -0.15) is 0 Å². The number of rotatable bonds is 4. The van der Waals surface area contributed by atoms with Crippen molar-refractivity contribution in [3.8, 4) is 5.75 Å². The predicted octanol–water partition coefficient (Wildman–Crippen LogP) is 5.78. The maximum atomic E-state index is 14.0. The maximum Gasteiger partial charge on any atom is 0.127 e. The second-order valence-corrected chi connectivity index (χ2v) is 6.33. The van der Waals surface area contributed by atoms with Crippen molar-refractivity contribution in [3.05, 3.63) is 63.4 Å². The third-order valence-electron chi connectivity index (χ3n) is 2.97. The Bertz CT molecular complexity index is 613. The Hall–Kier alpha value is -0.870. The summed E-state index contributed by atoms with van der Waals surface area (Å²) in [5, 5.41) is 0. The molecule has 20 heavy (non-hydrogen) atoms. The van der Waals surface area contributed by atoms with E-state index in [1.165, 1.54) is 6.07 Å². The Morgan fingerprint density at radius 1 is 1.15 bits per heavy atom. The van der Waals surface area contributed by atoms with Gasteiger partial charge in [0.25, 0.3) is 0 Å². The van der Waals surface area contributed by atoms with E-state index >= 15 is 0 Å². The molecule has 0 N–H and O–H groups in total. The Kier molecular flexibility index (Phi) is 5.22. The minimum atomic E-state index is -0.249. The highest BCUT2D eigenvalue weighted by atomic mass is 79.9. The van der Waals surface area contributed by atoms with Crippen molar-refractivity contribution < 1.29 is 9.13 Å². The zero-order chi connectivity index (χ0) is 14.7. The van der Waals surface area contributed by atoms with Crippen molar-refractivity contribution in [3.63, 3.8) is 0 Å². The zero-order valence-electron chi connectivity index (χ0n) is 11.3. The van der Waals surface area contributed by atoms with Gasteiger partial charge in [0.15, 0.2) is 0 Å². The molecule has 0 aliphatic carbocycles. The Morgan fingerprint density at radius 3 is 2.60 bits per heavy atom. The average Bonchev–Trinajstić information content (AvgIpc) is 2.43. The highest BCUT2D eigenvalue weighted by molar-refractivity contribution is 9.10. The fraction of sp³-hybridized carbons (Fsp3) is 0.250. The number of aryl methyl sites for hydroxylation is 1. The Balaban J connectivity index is 2.49. The SMILES string of the molecule is CCOc1ccc(C)cc1C(Br)c1cc(Br)ccc1F. The summed E-state index contributed by atoms with van der Waals surface area (Å²) in [4.78, 5) is -0.249. The summed E-state index contributed by atoms with van der Waals surface area (Å²) >= 11 is 6.98. The van der Waals surface area contributed by atoms with Crippen LogP contribution in [-0.2, 0) is 0 Å². The van der Waals surface area contributed by atoms with Gasteiger partial charge in [0.2, 0.25) is 0 Å². The maximum absolute atomic E-state index is 14.0. The number of halogens is 3. The number of hydrogen-bond acceptors (Lipinski definition) is 1. The van der Waals surface area contributed by atoms with Crippen LogP contribution in [0.2, 0.25) is 0 Å². The van der Waals surface area contributed by atoms with Gasteiger partial charge in [-0.3, -0.25) is 0 Å². The summed E-state index contributed by atoms with van der Waals surface area (Å²) in [7, 11) is 0. The van der Waals surface area contributed by atoms with Crippen LogP contribution < -0.4 is 4.74 Å². The molecule has 0 heterocycles. The van der Waals surface area contributed by atoms with Crippen molar-refractivity contribution in [2.24, 2.45) is 0 Å². The Morgan fingerprint density at radius 2 is 1.90 bits per heavy atom. The molecule has 2 aromatic carbocycles. The minimum absolute atomic E-state index is 0.237. The van der Waals surface area contributed by atoms with E-state index in [-0.39, 0.29) is 10.6 Å². The van der Waals surface area contributed by atoms with Gasteiger partial charge in [0, 0.05) is 15.6 Å². The van der Waals surface area contributed by atoms with Crippen LogP contribution in [0.3, 0.4) is 0 Å². The van der Waals surface area contributed by atoms with Crippen LogP contribution in [0.25, 0.3) is 0 Å². The van der Waals surface area contributed by atoms with Crippen LogP contribution >= 0.6 is 31.9 Å². The molecule has 0 aromatic heterocycles. The minimum Gasteiger partial charge on any atom is -0.494 e. The second-order valence-electron chi connectivity index (χ2n) is 4.50. The highest BCUT2D eigenvalue weighted by Crippen LogP contribution is 2.39. The van der Waals surface area contributed by atoms with Gasteiger partial charge in [-0.05, 0) is 38.1 Å². The molecule has 106 valence electrons. The summed E-state index contributed by atoms with van der Waals surface area (Å²) in [6.45, 7) is 4.53. The highest BCUT2D eigenvalue weighted by Gasteiger charge is 2.19. The molecule has 0 saturated carbocycles. The fourth-order valence-corrected chi connectivity index (χ4v) is 3.12. The van der Waals surface area contributed by atoms with E-state index in [0.29, 0.717) is 12.2 Å². The first-order valence-electron chi connectivity index (χ1n) is 6.35. The number of benzene rings is 2. The van der Waals surface area contributed by atoms with Crippen LogP contribution in [0.1, 0.15) is 28.4 Å². The first-order chi connectivity index (χ1) is 9.52. The first kappa shape index (κ1) is 15.5. The lowest BCUT2D eigenvalue weighted by molar-refractivity contribution is 0.337. The lowest BCUT2D eigenvalue weighted by atomic mass is 10.0. The van der Waals surface area contributed by atoms with Crippen molar-refractivity contribution in [1.82, 2.24) is 0 Å². The molecule has 1 unspecified atom stereocenters. The van der Waals surface area contributed by atoms with E-state index in [2.05, 4.69) is 31.9 Å². The lowest BCUT2D eigenvalue weighted by Gasteiger charge is -2.17. The van der Waals surface area contributed by atoms with Gasteiger partial charge in [0.1, 0.15) is 11.6 Å². The van der Waals surface area contributed by atoms with E-state index in [9.17, 15) is 4.39 Å². The van der Waals surface area contributed by atoms with Gasteiger partial charge < -0.3 is 4.74 Å². The number of alkyl halides is 1. The molecule has 0 spiro atoms. The van der Waals surface area contributed by atoms with Crippen LogP contribution in [0.4, 0.5) is 4.39 Å². The zero-order valence-corrected chi connectivity index (χ0v) is 14.5. The van der Waals surface area contributed by atoms with Crippen molar-refractivity contribution >= 4 is 31.9 Å². The van der Waals surface area contributed by atoms with Gasteiger partial charge in [0.05, 0.1) is 11.4 Å². The summed E-state index contributed by atoms with van der Waals surface area (Å²) in [6.07, 6.45) is 0. The molecule has 0 aliphatic heterocycles. The molecule has 2 rings (SSSR count). The monoisotopic (exact) mass is 400 g/mol.